The van der Waals surface area contributed by atoms with Crippen molar-refractivity contribution >= 4 is 17.4 Å². The summed E-state index contributed by atoms with van der Waals surface area (Å²) >= 11 is 0. The molecule has 1 atom stereocenters. The van der Waals surface area contributed by atoms with Gasteiger partial charge >= 0.3 is 0 Å². The van der Waals surface area contributed by atoms with E-state index in [1.165, 1.54) is 0 Å². The second-order valence-corrected chi connectivity index (χ2v) is 6.92. The number of hydrogen-bond donors (Lipinski definition) is 1. The molecule has 1 spiro atoms. The molecule has 28 heavy (non-hydrogen) atoms. The lowest BCUT2D eigenvalue weighted by Gasteiger charge is -2.35. The zero-order valence-electron chi connectivity index (χ0n) is 15.3. The van der Waals surface area contributed by atoms with Crippen molar-refractivity contribution in [2.45, 2.75) is 25.2 Å². The number of carbonyl (C=O) groups is 1. The number of nitrogens with zero attached hydrogens (tertiary/aromatic N) is 6. The van der Waals surface area contributed by atoms with Crippen molar-refractivity contribution in [2.24, 2.45) is 0 Å². The van der Waals surface area contributed by atoms with Gasteiger partial charge in [0, 0.05) is 31.0 Å². The Balaban J connectivity index is 1.88. The number of amides is 1. The van der Waals surface area contributed by atoms with Crippen LogP contribution in [0, 0.1) is 11.3 Å². The third kappa shape index (κ3) is 1.88. The molecule has 2 N–H and O–H groups in total. The van der Waals surface area contributed by atoms with E-state index < -0.39 is 5.41 Å². The Kier molecular flexibility index (Phi) is 3.31. The first-order chi connectivity index (χ1) is 13.6. The lowest BCUT2D eigenvalue weighted by atomic mass is 9.71. The maximum atomic E-state index is 13.8. The standard InChI is InChI=1S/C20H17N7O/c1-2-26-13-6-4-3-5-12(13)20(19(26)28)11-15-23-9-10-27(15)18-16(20)17(22)24-14(25-18)7-8-21/h3-6,9-10H,2,7,11H2,1H3,(H2,22,24,25). The quantitative estimate of drug-likeness (QED) is 0.730. The fourth-order valence-electron chi connectivity index (χ4n) is 4.48. The lowest BCUT2D eigenvalue weighted by Crippen LogP contribution is -2.46. The summed E-state index contributed by atoms with van der Waals surface area (Å²) in [6.45, 7) is 2.50. The molecular formula is C20H17N7O. The summed E-state index contributed by atoms with van der Waals surface area (Å²) in [4.78, 5) is 28.9. The number of anilines is 2. The molecule has 4 heterocycles. The molecule has 2 aliphatic heterocycles. The van der Waals surface area contributed by atoms with Gasteiger partial charge in [-0.25, -0.2) is 15.0 Å². The van der Waals surface area contributed by atoms with Gasteiger partial charge in [-0.2, -0.15) is 5.26 Å². The largest absolute Gasteiger partial charge is 0.383 e. The van der Waals surface area contributed by atoms with E-state index >= 15 is 0 Å². The molecule has 0 saturated heterocycles. The molecule has 1 amide bonds. The van der Waals surface area contributed by atoms with Crippen LogP contribution in [-0.2, 0) is 23.1 Å². The van der Waals surface area contributed by atoms with Crippen molar-refractivity contribution in [3.05, 3.63) is 59.4 Å². The molecule has 2 aliphatic rings. The molecule has 8 heteroatoms. The van der Waals surface area contributed by atoms with Crippen LogP contribution in [0.2, 0.25) is 0 Å². The van der Waals surface area contributed by atoms with E-state index in [1.54, 1.807) is 17.3 Å². The number of nitriles is 1. The van der Waals surface area contributed by atoms with Crippen molar-refractivity contribution in [3.8, 4) is 11.9 Å². The predicted molar refractivity (Wildman–Crippen MR) is 102 cm³/mol. The fourth-order valence-corrected chi connectivity index (χ4v) is 4.48. The van der Waals surface area contributed by atoms with Crippen LogP contribution in [0.1, 0.15) is 29.7 Å². The van der Waals surface area contributed by atoms with Gasteiger partial charge in [0.15, 0.2) is 0 Å². The van der Waals surface area contributed by atoms with Crippen molar-refractivity contribution in [1.29, 1.82) is 5.26 Å². The number of aromatic nitrogens is 4. The zero-order chi connectivity index (χ0) is 19.5. The number of para-hydroxylation sites is 1. The van der Waals surface area contributed by atoms with Crippen molar-refractivity contribution in [3.63, 3.8) is 0 Å². The number of benzene rings is 1. The van der Waals surface area contributed by atoms with Crippen LogP contribution in [-0.4, -0.2) is 32.0 Å². The van der Waals surface area contributed by atoms with E-state index in [-0.39, 0.29) is 18.1 Å². The lowest BCUT2D eigenvalue weighted by molar-refractivity contribution is -0.122. The minimum atomic E-state index is -1.02. The molecule has 1 unspecified atom stereocenters. The van der Waals surface area contributed by atoms with Crippen LogP contribution in [0.15, 0.2) is 36.7 Å². The molecule has 138 valence electrons. The topological polar surface area (TPSA) is 114 Å². The fraction of sp³-hybridized carbons (Fsp3) is 0.250. The maximum absolute atomic E-state index is 13.8. The summed E-state index contributed by atoms with van der Waals surface area (Å²) < 4.78 is 1.84. The van der Waals surface area contributed by atoms with Gasteiger partial charge in [0.1, 0.15) is 28.7 Å². The maximum Gasteiger partial charge on any atom is 0.242 e. The summed E-state index contributed by atoms with van der Waals surface area (Å²) in [6, 6.07) is 9.83. The van der Waals surface area contributed by atoms with Gasteiger partial charge < -0.3 is 10.6 Å². The van der Waals surface area contributed by atoms with Gasteiger partial charge in [0.25, 0.3) is 0 Å². The minimum absolute atomic E-state index is 0.0418. The van der Waals surface area contributed by atoms with Gasteiger partial charge in [0.2, 0.25) is 5.91 Å². The number of carbonyl (C=O) groups excluding carboxylic acids is 1. The smallest absolute Gasteiger partial charge is 0.242 e. The number of fused-ring (bicyclic) bond motifs is 6. The van der Waals surface area contributed by atoms with Crippen LogP contribution < -0.4 is 10.6 Å². The third-order valence-electron chi connectivity index (χ3n) is 5.58. The summed E-state index contributed by atoms with van der Waals surface area (Å²) in [5.41, 5.74) is 7.74. The predicted octanol–water partition coefficient (Wildman–Crippen LogP) is 1.52. The van der Waals surface area contributed by atoms with Crippen molar-refractivity contribution in [2.75, 3.05) is 17.2 Å². The third-order valence-corrected chi connectivity index (χ3v) is 5.58. The second-order valence-electron chi connectivity index (χ2n) is 6.92. The SMILES string of the molecule is CCN1C(=O)C2(Cc3nccn3-c3nc(CC#N)nc(N)c32)c2ccccc21. The van der Waals surface area contributed by atoms with Gasteiger partial charge in [-0.3, -0.25) is 9.36 Å². The highest BCUT2D eigenvalue weighted by Gasteiger charge is 2.56. The molecule has 5 rings (SSSR count). The Hall–Kier alpha value is -3.73. The normalized spacial score (nSPS) is 19.3. The van der Waals surface area contributed by atoms with Crippen LogP contribution >= 0.6 is 0 Å². The first kappa shape index (κ1) is 16.4. The summed E-state index contributed by atoms with van der Waals surface area (Å²) in [5, 5.41) is 9.06. The molecular weight excluding hydrogens is 354 g/mol. The van der Waals surface area contributed by atoms with Crippen molar-refractivity contribution < 1.29 is 4.79 Å². The molecule has 0 bridgehead atoms. The average molecular weight is 371 g/mol. The number of imidazole rings is 1. The van der Waals surface area contributed by atoms with Crippen LogP contribution in [0.25, 0.3) is 5.82 Å². The summed E-state index contributed by atoms with van der Waals surface area (Å²) in [6.07, 6.45) is 3.90. The van der Waals surface area contributed by atoms with Gasteiger partial charge in [-0.15, -0.1) is 0 Å². The highest BCUT2D eigenvalue weighted by Crippen LogP contribution is 2.52. The number of nitrogens with two attached hydrogens (primary N) is 1. The minimum Gasteiger partial charge on any atom is -0.383 e. The van der Waals surface area contributed by atoms with Gasteiger partial charge in [-0.1, -0.05) is 18.2 Å². The van der Waals surface area contributed by atoms with E-state index in [0.29, 0.717) is 30.2 Å². The number of likely N-dealkylation sites (N-methyl/N-ethyl adjacent to an activating group) is 1. The van der Waals surface area contributed by atoms with Crippen LogP contribution in [0.4, 0.5) is 11.5 Å². The van der Waals surface area contributed by atoms with E-state index in [1.807, 2.05) is 35.8 Å². The van der Waals surface area contributed by atoms with Gasteiger partial charge in [-0.05, 0) is 18.6 Å². The Morgan fingerprint density at radius 2 is 2.14 bits per heavy atom. The molecule has 0 saturated carbocycles. The van der Waals surface area contributed by atoms with Crippen molar-refractivity contribution in [1.82, 2.24) is 19.5 Å². The molecule has 1 aromatic carbocycles. The van der Waals surface area contributed by atoms with E-state index in [2.05, 4.69) is 21.0 Å². The molecule has 0 radical (unpaired) electrons. The monoisotopic (exact) mass is 371 g/mol. The van der Waals surface area contributed by atoms with E-state index in [9.17, 15) is 4.79 Å². The van der Waals surface area contributed by atoms with E-state index in [0.717, 1.165) is 17.1 Å². The highest BCUT2D eigenvalue weighted by atomic mass is 16.2. The highest BCUT2D eigenvalue weighted by molar-refractivity contribution is 6.12. The Bertz CT molecular complexity index is 1180. The summed E-state index contributed by atoms with van der Waals surface area (Å²) in [7, 11) is 0. The Morgan fingerprint density at radius 3 is 2.93 bits per heavy atom. The number of nitrogen functional groups attached to an aromatic ring is 1. The number of hydrogen-bond acceptors (Lipinski definition) is 6. The summed E-state index contributed by atoms with van der Waals surface area (Å²) in [5.74, 6) is 1.78. The molecule has 2 aromatic heterocycles. The Morgan fingerprint density at radius 1 is 1.32 bits per heavy atom. The Labute approximate surface area is 161 Å². The van der Waals surface area contributed by atoms with Gasteiger partial charge in [0.05, 0.1) is 18.1 Å². The second kappa shape index (κ2) is 5.63. The molecule has 8 nitrogen and oxygen atoms in total. The first-order valence-corrected chi connectivity index (χ1v) is 9.09. The average Bonchev–Trinajstić information content (AvgIpc) is 3.24. The molecule has 3 aromatic rings. The zero-order valence-corrected chi connectivity index (χ0v) is 15.3. The van der Waals surface area contributed by atoms with E-state index in [4.69, 9.17) is 11.0 Å². The number of rotatable bonds is 2. The van der Waals surface area contributed by atoms with Crippen LogP contribution in [0.5, 0.6) is 0 Å². The molecule has 0 fully saturated rings. The first-order valence-electron chi connectivity index (χ1n) is 9.09. The molecule has 0 aliphatic carbocycles. The van der Waals surface area contributed by atoms with Crippen LogP contribution in [0.3, 0.4) is 0 Å².